The Kier molecular flexibility index (Phi) is 6.99. The summed E-state index contributed by atoms with van der Waals surface area (Å²) in [7, 11) is 0. The van der Waals surface area contributed by atoms with Crippen LogP contribution in [-0.2, 0) is 6.18 Å². The number of carbonyl (C=O) groups is 1. The second kappa shape index (κ2) is 10.5. The molecule has 0 saturated heterocycles. The molecular weight excluding hydrogens is 491 g/mol. The lowest BCUT2D eigenvalue weighted by Crippen LogP contribution is -2.24. The van der Waals surface area contributed by atoms with Crippen LogP contribution < -0.4 is 10.6 Å². The van der Waals surface area contributed by atoms with E-state index >= 15 is 0 Å². The Balaban J connectivity index is 1.39. The lowest BCUT2D eigenvalue weighted by molar-refractivity contribution is -0.141. The minimum Gasteiger partial charge on any atom is -0.321 e. The van der Waals surface area contributed by atoms with Crippen molar-refractivity contribution in [3.63, 3.8) is 0 Å². The number of benzene rings is 3. The van der Waals surface area contributed by atoms with Gasteiger partial charge in [0.2, 0.25) is 0 Å². The molecule has 1 fully saturated rings. The van der Waals surface area contributed by atoms with Gasteiger partial charge in [0, 0.05) is 11.8 Å². The summed E-state index contributed by atoms with van der Waals surface area (Å²) in [6.07, 6.45) is -2.28. The molecule has 0 spiro atoms. The monoisotopic (exact) mass is 515 g/mol. The molecule has 1 heterocycles. The highest BCUT2D eigenvalue weighted by atomic mass is 19.4. The molecule has 6 nitrogen and oxygen atoms in total. The van der Waals surface area contributed by atoms with Crippen molar-refractivity contribution < 1.29 is 18.0 Å². The van der Waals surface area contributed by atoms with E-state index in [2.05, 4.69) is 27.9 Å². The molecule has 5 rings (SSSR count). The van der Waals surface area contributed by atoms with Crippen molar-refractivity contribution in [1.82, 2.24) is 15.1 Å². The van der Waals surface area contributed by atoms with Gasteiger partial charge >= 0.3 is 6.18 Å². The third kappa shape index (κ3) is 5.76. The lowest BCUT2D eigenvalue weighted by Gasteiger charge is -2.20. The van der Waals surface area contributed by atoms with E-state index in [1.165, 1.54) is 37.1 Å². The highest BCUT2D eigenvalue weighted by Crippen LogP contribution is 2.31. The van der Waals surface area contributed by atoms with Crippen LogP contribution in [0.3, 0.4) is 0 Å². The van der Waals surface area contributed by atoms with Gasteiger partial charge in [0.1, 0.15) is 5.69 Å². The molecule has 4 aromatic rings. The Labute approximate surface area is 217 Å². The quantitative estimate of drug-likeness (QED) is 0.297. The number of hydrogen-bond acceptors (Lipinski definition) is 4. The van der Waals surface area contributed by atoms with Crippen LogP contribution in [-0.4, -0.2) is 22.2 Å². The van der Waals surface area contributed by atoms with Gasteiger partial charge in [0.05, 0.1) is 23.4 Å². The highest BCUT2D eigenvalue weighted by molar-refractivity contribution is 6.03. The molecular formula is C29H24F3N5O. The minimum absolute atomic E-state index is 0.0234. The molecule has 9 heteroatoms. The van der Waals surface area contributed by atoms with Crippen molar-refractivity contribution >= 4 is 11.6 Å². The van der Waals surface area contributed by atoms with Crippen LogP contribution >= 0.6 is 0 Å². The Morgan fingerprint density at radius 3 is 2.37 bits per heavy atom. The molecule has 1 aromatic heterocycles. The van der Waals surface area contributed by atoms with E-state index in [4.69, 9.17) is 0 Å². The molecule has 38 heavy (non-hydrogen) atoms. The fourth-order valence-corrected chi connectivity index (χ4v) is 4.22. The average molecular weight is 516 g/mol. The van der Waals surface area contributed by atoms with Crippen LogP contribution in [0.15, 0.2) is 84.9 Å². The van der Waals surface area contributed by atoms with Gasteiger partial charge in [-0.15, -0.1) is 0 Å². The standard InChI is InChI=1S/C29H24F3N5O/c30-29(31,32)26-16-25(37(36-26)24-8-4-5-20(15-24)17-33)28(38)35-23-13-11-22(12-14-23)27(34-18-19-9-10-19)21-6-2-1-3-7-21/h1-8,11-16,19,27,34H,9-10,18H2,(H,35,38). The summed E-state index contributed by atoms with van der Waals surface area (Å²) in [6, 6.07) is 25.8. The van der Waals surface area contributed by atoms with E-state index in [1.807, 2.05) is 36.4 Å². The molecule has 0 bridgehead atoms. The number of nitriles is 1. The Morgan fingerprint density at radius 1 is 1.00 bits per heavy atom. The number of amides is 1. The Hall–Kier alpha value is -4.42. The van der Waals surface area contributed by atoms with Gasteiger partial charge in [-0.2, -0.15) is 23.5 Å². The third-order valence-electron chi connectivity index (χ3n) is 6.39. The highest BCUT2D eigenvalue weighted by Gasteiger charge is 2.36. The predicted molar refractivity (Wildman–Crippen MR) is 137 cm³/mol. The number of nitrogens with one attached hydrogen (secondary N) is 2. The first-order valence-electron chi connectivity index (χ1n) is 12.2. The van der Waals surface area contributed by atoms with E-state index in [-0.39, 0.29) is 23.0 Å². The smallest absolute Gasteiger partial charge is 0.321 e. The summed E-state index contributed by atoms with van der Waals surface area (Å²) in [4.78, 5) is 13.1. The van der Waals surface area contributed by atoms with Gasteiger partial charge in [-0.3, -0.25) is 4.79 Å². The van der Waals surface area contributed by atoms with Gasteiger partial charge < -0.3 is 10.6 Å². The molecule has 1 aliphatic rings. The van der Waals surface area contributed by atoms with Crippen LogP contribution in [0.25, 0.3) is 5.69 Å². The normalized spacial score (nSPS) is 14.1. The van der Waals surface area contributed by atoms with E-state index < -0.39 is 17.8 Å². The van der Waals surface area contributed by atoms with Crippen molar-refractivity contribution in [1.29, 1.82) is 5.26 Å². The Bertz CT molecular complexity index is 1470. The fourth-order valence-electron chi connectivity index (χ4n) is 4.22. The number of halogens is 3. The first-order valence-corrected chi connectivity index (χ1v) is 12.2. The van der Waals surface area contributed by atoms with Crippen LogP contribution in [0.4, 0.5) is 18.9 Å². The van der Waals surface area contributed by atoms with Crippen molar-refractivity contribution in [2.75, 3.05) is 11.9 Å². The van der Waals surface area contributed by atoms with Gasteiger partial charge in [-0.05, 0) is 66.8 Å². The third-order valence-corrected chi connectivity index (χ3v) is 6.39. The number of alkyl halides is 3. The number of anilines is 1. The number of carbonyl (C=O) groups excluding carboxylic acids is 1. The second-order valence-corrected chi connectivity index (χ2v) is 9.26. The van der Waals surface area contributed by atoms with E-state index in [0.29, 0.717) is 17.7 Å². The molecule has 1 saturated carbocycles. The molecule has 1 amide bonds. The molecule has 0 aliphatic heterocycles. The fraction of sp³-hybridized carbons (Fsp3) is 0.207. The average Bonchev–Trinajstić information content (AvgIpc) is 3.63. The lowest BCUT2D eigenvalue weighted by atomic mass is 9.98. The number of rotatable bonds is 8. The molecule has 192 valence electrons. The predicted octanol–water partition coefficient (Wildman–Crippen LogP) is 6.10. The number of hydrogen-bond donors (Lipinski definition) is 2. The van der Waals surface area contributed by atoms with Crippen LogP contribution in [0, 0.1) is 17.2 Å². The summed E-state index contributed by atoms with van der Waals surface area (Å²) in [6.45, 7) is 0.913. The Morgan fingerprint density at radius 2 is 1.71 bits per heavy atom. The SMILES string of the molecule is N#Cc1cccc(-n2nc(C(F)(F)F)cc2C(=O)Nc2ccc(C(NCC3CC3)c3ccccc3)cc2)c1. The van der Waals surface area contributed by atoms with Crippen LogP contribution in [0.1, 0.15) is 51.8 Å². The van der Waals surface area contributed by atoms with Gasteiger partial charge in [-0.25, -0.2) is 4.68 Å². The van der Waals surface area contributed by atoms with Crippen molar-refractivity contribution in [2.24, 2.45) is 5.92 Å². The molecule has 3 aromatic carbocycles. The zero-order chi connectivity index (χ0) is 26.7. The zero-order valence-corrected chi connectivity index (χ0v) is 20.2. The second-order valence-electron chi connectivity index (χ2n) is 9.26. The first kappa shape index (κ1) is 25.2. The summed E-state index contributed by atoms with van der Waals surface area (Å²) < 4.78 is 41.2. The van der Waals surface area contributed by atoms with E-state index in [0.717, 1.165) is 22.4 Å². The maximum Gasteiger partial charge on any atom is 0.435 e. The largest absolute Gasteiger partial charge is 0.435 e. The van der Waals surface area contributed by atoms with Gasteiger partial charge in [0.15, 0.2) is 5.69 Å². The summed E-state index contributed by atoms with van der Waals surface area (Å²) >= 11 is 0. The maximum atomic E-state index is 13.4. The van der Waals surface area contributed by atoms with E-state index in [1.54, 1.807) is 12.1 Å². The maximum absolute atomic E-state index is 13.4. The number of nitrogens with zero attached hydrogens (tertiary/aromatic N) is 3. The molecule has 2 N–H and O–H groups in total. The van der Waals surface area contributed by atoms with Crippen molar-refractivity contribution in [2.45, 2.75) is 25.1 Å². The molecule has 1 atom stereocenters. The summed E-state index contributed by atoms with van der Waals surface area (Å²) in [5, 5.41) is 19.1. The van der Waals surface area contributed by atoms with Gasteiger partial charge in [-0.1, -0.05) is 48.5 Å². The summed E-state index contributed by atoms with van der Waals surface area (Å²) in [5.41, 5.74) is 1.46. The van der Waals surface area contributed by atoms with Crippen molar-refractivity contribution in [3.8, 4) is 11.8 Å². The molecule has 0 radical (unpaired) electrons. The summed E-state index contributed by atoms with van der Waals surface area (Å²) in [5.74, 6) is -0.0605. The minimum atomic E-state index is -4.74. The van der Waals surface area contributed by atoms with Gasteiger partial charge in [0.25, 0.3) is 5.91 Å². The molecule has 1 aliphatic carbocycles. The number of aromatic nitrogens is 2. The zero-order valence-electron chi connectivity index (χ0n) is 20.2. The van der Waals surface area contributed by atoms with Crippen molar-refractivity contribution in [3.05, 3.63) is 113 Å². The van der Waals surface area contributed by atoms with E-state index in [9.17, 15) is 23.2 Å². The first-order chi connectivity index (χ1) is 18.3. The van der Waals surface area contributed by atoms with Crippen LogP contribution in [0.5, 0.6) is 0 Å². The van der Waals surface area contributed by atoms with Crippen LogP contribution in [0.2, 0.25) is 0 Å². The topological polar surface area (TPSA) is 82.7 Å². The molecule has 1 unspecified atom stereocenters.